The van der Waals surface area contributed by atoms with Crippen LogP contribution in [-0.4, -0.2) is 38.8 Å². The molecule has 0 bridgehead atoms. The van der Waals surface area contributed by atoms with Gasteiger partial charge in [0.05, 0.1) is 18.3 Å². The Bertz CT molecular complexity index is 787. The number of benzene rings is 1. The van der Waals surface area contributed by atoms with E-state index in [0.29, 0.717) is 17.8 Å². The lowest BCUT2D eigenvalue weighted by Gasteiger charge is -2.15. The number of aromatic nitrogens is 3. The lowest BCUT2D eigenvalue weighted by atomic mass is 10.1. The van der Waals surface area contributed by atoms with E-state index in [4.69, 9.17) is 0 Å². The van der Waals surface area contributed by atoms with E-state index < -0.39 is 0 Å². The number of aliphatic hydroxyl groups excluding tert-OH is 1. The van der Waals surface area contributed by atoms with Gasteiger partial charge in [-0.2, -0.15) is 5.10 Å². The molecule has 0 aliphatic heterocycles. The molecule has 0 radical (unpaired) electrons. The summed E-state index contributed by atoms with van der Waals surface area (Å²) in [7, 11) is 0. The molecule has 3 rings (SSSR count). The minimum absolute atomic E-state index is 0.135. The Balaban J connectivity index is 1.67. The molecule has 2 aromatic heterocycles. The van der Waals surface area contributed by atoms with E-state index in [-0.39, 0.29) is 18.6 Å². The van der Waals surface area contributed by atoms with Crippen LogP contribution in [0.5, 0.6) is 0 Å². The highest BCUT2D eigenvalue weighted by Gasteiger charge is 2.16. The van der Waals surface area contributed by atoms with Crippen LogP contribution < -0.4 is 5.32 Å². The number of aliphatic hydroxyl groups is 1. The summed E-state index contributed by atoms with van der Waals surface area (Å²) >= 11 is 0. The number of nitrogens with zero attached hydrogens (tertiary/aromatic N) is 2. The molecule has 0 saturated carbocycles. The molecule has 0 saturated heterocycles. The van der Waals surface area contributed by atoms with E-state index in [0.717, 1.165) is 11.1 Å². The van der Waals surface area contributed by atoms with Gasteiger partial charge in [0, 0.05) is 18.0 Å². The van der Waals surface area contributed by atoms with Crippen LogP contribution in [-0.2, 0) is 6.42 Å². The van der Waals surface area contributed by atoms with Crippen molar-refractivity contribution in [3.8, 4) is 11.3 Å². The fourth-order valence-corrected chi connectivity index (χ4v) is 2.42. The molecule has 24 heavy (non-hydrogen) atoms. The van der Waals surface area contributed by atoms with E-state index >= 15 is 0 Å². The highest BCUT2D eigenvalue weighted by atomic mass is 16.3. The lowest BCUT2D eigenvalue weighted by Crippen LogP contribution is -2.39. The number of H-pyrrole nitrogens is 1. The normalized spacial score (nSPS) is 11.9. The molecule has 0 aliphatic rings. The predicted molar refractivity (Wildman–Crippen MR) is 90.3 cm³/mol. The molecule has 0 spiro atoms. The standard InChI is InChI=1S/C18H18N4O2/c23-12-15(9-13-5-2-1-3-6-13)20-18(24)17-10-16(21-22-17)14-7-4-8-19-11-14/h1-8,10-11,15,23H,9,12H2,(H,20,24)(H,21,22)/t15-/m1/s1. The van der Waals surface area contributed by atoms with Crippen molar-refractivity contribution in [1.29, 1.82) is 0 Å². The van der Waals surface area contributed by atoms with Gasteiger partial charge < -0.3 is 10.4 Å². The molecule has 1 aromatic carbocycles. The number of carbonyl (C=O) groups is 1. The van der Waals surface area contributed by atoms with Gasteiger partial charge in [0.2, 0.25) is 0 Å². The SMILES string of the molecule is O=C(N[C@@H](CO)Cc1ccccc1)c1cc(-c2cccnc2)n[nH]1. The molecule has 2 heterocycles. The van der Waals surface area contributed by atoms with E-state index in [1.54, 1.807) is 18.5 Å². The van der Waals surface area contributed by atoms with Gasteiger partial charge >= 0.3 is 0 Å². The summed E-state index contributed by atoms with van der Waals surface area (Å²) in [6.07, 6.45) is 3.93. The molecular weight excluding hydrogens is 304 g/mol. The topological polar surface area (TPSA) is 90.9 Å². The molecule has 6 nitrogen and oxygen atoms in total. The molecule has 3 aromatic rings. The fourth-order valence-electron chi connectivity index (χ4n) is 2.42. The van der Waals surface area contributed by atoms with Crippen molar-refractivity contribution in [1.82, 2.24) is 20.5 Å². The first-order valence-corrected chi connectivity index (χ1v) is 7.67. The Morgan fingerprint density at radius 3 is 2.75 bits per heavy atom. The Morgan fingerprint density at radius 2 is 2.04 bits per heavy atom. The molecular formula is C18H18N4O2. The molecule has 6 heteroatoms. The summed E-state index contributed by atoms with van der Waals surface area (Å²) in [5.41, 5.74) is 2.88. The van der Waals surface area contributed by atoms with Gasteiger partial charge in [0.25, 0.3) is 5.91 Å². The van der Waals surface area contributed by atoms with Crippen LogP contribution >= 0.6 is 0 Å². The number of rotatable bonds is 6. The van der Waals surface area contributed by atoms with Crippen LogP contribution in [0.25, 0.3) is 11.3 Å². The molecule has 0 unspecified atom stereocenters. The van der Waals surface area contributed by atoms with Crippen LogP contribution in [0.4, 0.5) is 0 Å². The second kappa shape index (κ2) is 7.52. The number of hydrogen-bond acceptors (Lipinski definition) is 4. The molecule has 122 valence electrons. The van der Waals surface area contributed by atoms with Gasteiger partial charge in [0.15, 0.2) is 0 Å². The highest BCUT2D eigenvalue weighted by Crippen LogP contribution is 2.16. The zero-order valence-electron chi connectivity index (χ0n) is 13.0. The minimum Gasteiger partial charge on any atom is -0.394 e. The van der Waals surface area contributed by atoms with Crippen LogP contribution in [0.2, 0.25) is 0 Å². The van der Waals surface area contributed by atoms with Crippen molar-refractivity contribution in [3.05, 3.63) is 72.2 Å². The molecule has 0 fully saturated rings. The lowest BCUT2D eigenvalue weighted by molar-refractivity contribution is 0.0911. The quantitative estimate of drug-likeness (QED) is 0.645. The zero-order chi connectivity index (χ0) is 16.8. The average Bonchev–Trinajstić information content (AvgIpc) is 3.13. The Hall–Kier alpha value is -2.99. The Morgan fingerprint density at radius 1 is 1.21 bits per heavy atom. The van der Waals surface area contributed by atoms with E-state index in [1.807, 2.05) is 42.5 Å². The monoisotopic (exact) mass is 322 g/mol. The predicted octanol–water partition coefficient (Wildman–Crippen LogP) is 1.81. The third kappa shape index (κ3) is 3.85. The van der Waals surface area contributed by atoms with Crippen molar-refractivity contribution in [2.75, 3.05) is 6.61 Å². The summed E-state index contributed by atoms with van der Waals surface area (Å²) in [6, 6.07) is 14.7. The van der Waals surface area contributed by atoms with Gasteiger partial charge in [-0.05, 0) is 30.2 Å². The summed E-state index contributed by atoms with van der Waals surface area (Å²) in [4.78, 5) is 16.4. The number of amides is 1. The fraction of sp³-hybridized carbons (Fsp3) is 0.167. The summed E-state index contributed by atoms with van der Waals surface area (Å²) < 4.78 is 0. The van der Waals surface area contributed by atoms with Crippen LogP contribution in [0.15, 0.2) is 60.9 Å². The summed E-state index contributed by atoms with van der Waals surface area (Å²) in [6.45, 7) is -0.135. The first-order valence-electron chi connectivity index (χ1n) is 7.67. The van der Waals surface area contributed by atoms with Gasteiger partial charge in [-0.25, -0.2) is 0 Å². The van der Waals surface area contributed by atoms with Crippen molar-refractivity contribution >= 4 is 5.91 Å². The second-order valence-electron chi connectivity index (χ2n) is 5.45. The van der Waals surface area contributed by atoms with Crippen LogP contribution in [0.3, 0.4) is 0 Å². The van der Waals surface area contributed by atoms with Gasteiger partial charge in [-0.1, -0.05) is 30.3 Å². The maximum Gasteiger partial charge on any atom is 0.269 e. The Kier molecular flexibility index (Phi) is 4.98. The number of pyridine rings is 1. The van der Waals surface area contributed by atoms with Gasteiger partial charge in [0.1, 0.15) is 5.69 Å². The smallest absolute Gasteiger partial charge is 0.269 e. The maximum absolute atomic E-state index is 12.3. The molecule has 1 atom stereocenters. The molecule has 1 amide bonds. The molecule has 0 aliphatic carbocycles. The first kappa shape index (κ1) is 15.9. The van der Waals surface area contributed by atoms with Crippen LogP contribution in [0, 0.1) is 0 Å². The second-order valence-corrected chi connectivity index (χ2v) is 5.45. The van der Waals surface area contributed by atoms with E-state index in [9.17, 15) is 9.90 Å². The number of hydrogen-bond donors (Lipinski definition) is 3. The molecule has 3 N–H and O–H groups in total. The van der Waals surface area contributed by atoms with Crippen molar-refractivity contribution in [3.63, 3.8) is 0 Å². The summed E-state index contributed by atoms with van der Waals surface area (Å²) in [5, 5.41) is 19.2. The number of carbonyl (C=O) groups excluding carboxylic acids is 1. The third-order valence-electron chi connectivity index (χ3n) is 3.66. The highest BCUT2D eigenvalue weighted by molar-refractivity contribution is 5.93. The number of nitrogens with one attached hydrogen (secondary N) is 2. The summed E-state index contributed by atoms with van der Waals surface area (Å²) in [5.74, 6) is -0.298. The zero-order valence-corrected chi connectivity index (χ0v) is 13.0. The van der Waals surface area contributed by atoms with Crippen molar-refractivity contribution < 1.29 is 9.90 Å². The maximum atomic E-state index is 12.3. The third-order valence-corrected chi connectivity index (χ3v) is 3.66. The average molecular weight is 322 g/mol. The van der Waals surface area contributed by atoms with E-state index in [1.165, 1.54) is 0 Å². The van der Waals surface area contributed by atoms with Crippen molar-refractivity contribution in [2.45, 2.75) is 12.5 Å². The first-order chi connectivity index (χ1) is 11.8. The number of aromatic amines is 1. The van der Waals surface area contributed by atoms with Crippen molar-refractivity contribution in [2.24, 2.45) is 0 Å². The largest absolute Gasteiger partial charge is 0.394 e. The van der Waals surface area contributed by atoms with E-state index in [2.05, 4.69) is 20.5 Å². The van der Waals surface area contributed by atoms with Gasteiger partial charge in [-0.15, -0.1) is 0 Å². The Labute approximate surface area is 139 Å². The van der Waals surface area contributed by atoms with Gasteiger partial charge in [-0.3, -0.25) is 14.9 Å². The minimum atomic E-state index is -0.356. The van der Waals surface area contributed by atoms with Crippen LogP contribution in [0.1, 0.15) is 16.1 Å².